The summed E-state index contributed by atoms with van der Waals surface area (Å²) < 4.78 is 10.8. The van der Waals surface area contributed by atoms with E-state index >= 15 is 0 Å². The highest BCUT2D eigenvalue weighted by Gasteiger charge is 2.20. The Labute approximate surface area is 195 Å². The molecular formula is C26H30N4O3. The highest BCUT2D eigenvalue weighted by Crippen LogP contribution is 2.33. The van der Waals surface area contributed by atoms with E-state index in [-0.39, 0.29) is 24.2 Å². The molecule has 172 valence electrons. The molecule has 0 bridgehead atoms. The molecule has 0 atom stereocenters. The number of benzene rings is 2. The Balaban J connectivity index is 1.36. The monoisotopic (exact) mass is 446 g/mol. The first-order valence-electron chi connectivity index (χ1n) is 11.3. The van der Waals surface area contributed by atoms with E-state index in [0.717, 1.165) is 61.0 Å². The Morgan fingerprint density at radius 3 is 2.64 bits per heavy atom. The number of nitrogens with zero attached hydrogens (tertiary/aromatic N) is 3. The Morgan fingerprint density at radius 2 is 1.91 bits per heavy atom. The molecule has 2 aliphatic rings. The lowest BCUT2D eigenvalue weighted by Gasteiger charge is -2.34. The lowest BCUT2D eigenvalue weighted by Crippen LogP contribution is -2.43. The zero-order valence-corrected chi connectivity index (χ0v) is 19.4. The highest BCUT2D eigenvalue weighted by atomic mass is 16.7. The number of amides is 1. The molecule has 0 aromatic heterocycles. The van der Waals surface area contributed by atoms with Crippen molar-refractivity contribution in [3.63, 3.8) is 0 Å². The van der Waals surface area contributed by atoms with Crippen LogP contribution in [0.15, 0.2) is 48.2 Å². The van der Waals surface area contributed by atoms with Crippen molar-refractivity contribution < 1.29 is 14.3 Å². The number of hydrogen-bond donors (Lipinski definition) is 1. The van der Waals surface area contributed by atoms with Gasteiger partial charge in [0.2, 0.25) is 6.79 Å². The van der Waals surface area contributed by atoms with Gasteiger partial charge in [-0.25, -0.2) is 0 Å². The maximum absolute atomic E-state index is 12.9. The van der Waals surface area contributed by atoms with Crippen molar-refractivity contribution in [3.8, 4) is 17.6 Å². The third kappa shape index (κ3) is 5.29. The number of anilines is 1. The number of rotatable bonds is 6. The number of aryl methyl sites for hydroxylation is 1. The van der Waals surface area contributed by atoms with Gasteiger partial charge >= 0.3 is 0 Å². The van der Waals surface area contributed by atoms with Crippen LogP contribution < -0.4 is 14.8 Å². The van der Waals surface area contributed by atoms with Crippen molar-refractivity contribution in [2.24, 2.45) is 0 Å². The Bertz CT molecular complexity index is 1100. The maximum Gasteiger partial charge on any atom is 0.267 e. The minimum absolute atomic E-state index is 0.122. The zero-order valence-electron chi connectivity index (χ0n) is 19.4. The molecular weight excluding hydrogens is 416 g/mol. The van der Waals surface area contributed by atoms with Crippen LogP contribution in [0.5, 0.6) is 11.5 Å². The van der Waals surface area contributed by atoms with Gasteiger partial charge < -0.3 is 19.7 Å². The van der Waals surface area contributed by atoms with E-state index in [9.17, 15) is 10.1 Å². The quantitative estimate of drug-likeness (QED) is 0.534. The Morgan fingerprint density at radius 1 is 1.15 bits per heavy atom. The van der Waals surface area contributed by atoms with Crippen LogP contribution in [0.25, 0.3) is 0 Å². The van der Waals surface area contributed by atoms with E-state index in [1.807, 2.05) is 37.3 Å². The van der Waals surface area contributed by atoms with Gasteiger partial charge in [0.1, 0.15) is 11.6 Å². The van der Waals surface area contributed by atoms with E-state index < -0.39 is 0 Å². The van der Waals surface area contributed by atoms with Crippen molar-refractivity contribution in [2.45, 2.75) is 33.2 Å². The van der Waals surface area contributed by atoms with Crippen molar-refractivity contribution in [1.82, 2.24) is 9.80 Å². The topological polar surface area (TPSA) is 77.8 Å². The third-order valence-corrected chi connectivity index (χ3v) is 6.09. The minimum Gasteiger partial charge on any atom is -0.454 e. The fourth-order valence-electron chi connectivity index (χ4n) is 4.19. The highest BCUT2D eigenvalue weighted by molar-refractivity contribution is 6.07. The van der Waals surface area contributed by atoms with E-state index in [4.69, 9.17) is 9.47 Å². The molecule has 1 fully saturated rings. The molecule has 2 aromatic rings. The van der Waals surface area contributed by atoms with Gasteiger partial charge in [0.05, 0.1) is 0 Å². The summed E-state index contributed by atoms with van der Waals surface area (Å²) in [6.45, 7) is 10.5. The summed E-state index contributed by atoms with van der Waals surface area (Å²) in [4.78, 5) is 17.3. The molecule has 2 aliphatic heterocycles. The molecule has 0 spiro atoms. The van der Waals surface area contributed by atoms with E-state index in [1.165, 1.54) is 5.56 Å². The number of nitriles is 1. The van der Waals surface area contributed by atoms with Crippen LogP contribution >= 0.6 is 0 Å². The predicted molar refractivity (Wildman–Crippen MR) is 127 cm³/mol. The molecule has 0 radical (unpaired) electrons. The van der Waals surface area contributed by atoms with Gasteiger partial charge in [-0.05, 0) is 41.7 Å². The second-order valence-electron chi connectivity index (χ2n) is 8.80. The Kier molecular flexibility index (Phi) is 6.85. The molecule has 0 unspecified atom stereocenters. The molecule has 2 heterocycles. The van der Waals surface area contributed by atoms with Gasteiger partial charge in [0.25, 0.3) is 5.91 Å². The first-order chi connectivity index (χ1) is 15.9. The number of fused-ring (bicyclic) bond motifs is 1. The number of carbonyl (C=O) groups is 1. The molecule has 7 nitrogen and oxygen atoms in total. The average Bonchev–Trinajstić information content (AvgIpc) is 3.27. The van der Waals surface area contributed by atoms with E-state index in [2.05, 4.69) is 41.1 Å². The summed E-state index contributed by atoms with van der Waals surface area (Å²) in [5.41, 5.74) is 4.16. The van der Waals surface area contributed by atoms with Crippen LogP contribution in [0.4, 0.5) is 5.69 Å². The van der Waals surface area contributed by atoms with Crippen molar-refractivity contribution in [3.05, 3.63) is 64.9 Å². The minimum atomic E-state index is -0.364. The fourth-order valence-corrected chi connectivity index (χ4v) is 4.19. The fraction of sp³-hybridized carbons (Fsp3) is 0.385. The zero-order chi connectivity index (χ0) is 23.4. The SMILES string of the molecule is Cc1cccc(C(C)C)c1NC(=O)/C(C#N)=C\N1CCN(Cc2ccc3c(c2)OCO3)CC1. The molecule has 1 saturated heterocycles. The summed E-state index contributed by atoms with van der Waals surface area (Å²) in [5.74, 6) is 1.50. The summed E-state index contributed by atoms with van der Waals surface area (Å²) in [5, 5.41) is 12.6. The van der Waals surface area contributed by atoms with Crippen LogP contribution in [0.3, 0.4) is 0 Å². The number of hydrogen-bond acceptors (Lipinski definition) is 6. The van der Waals surface area contributed by atoms with Gasteiger partial charge in [0.15, 0.2) is 11.5 Å². The number of para-hydroxylation sites is 1. The lowest BCUT2D eigenvalue weighted by molar-refractivity contribution is -0.112. The second-order valence-corrected chi connectivity index (χ2v) is 8.80. The summed E-state index contributed by atoms with van der Waals surface area (Å²) >= 11 is 0. The third-order valence-electron chi connectivity index (χ3n) is 6.09. The van der Waals surface area contributed by atoms with Gasteiger partial charge in [0, 0.05) is 44.6 Å². The standard InChI is InChI=1S/C26H30N4O3/c1-18(2)22-6-4-5-19(3)25(22)28-26(31)21(14-27)16-30-11-9-29(10-12-30)15-20-7-8-23-24(13-20)33-17-32-23/h4-8,13,16,18H,9-12,15,17H2,1-3H3,(H,28,31)/b21-16-. The first kappa shape index (κ1) is 22.7. The van der Waals surface area contributed by atoms with Crippen LogP contribution in [0, 0.1) is 18.3 Å². The van der Waals surface area contributed by atoms with Gasteiger partial charge in [-0.1, -0.05) is 38.1 Å². The summed E-state index contributed by atoms with van der Waals surface area (Å²) in [6.07, 6.45) is 1.70. The molecule has 1 amide bonds. The van der Waals surface area contributed by atoms with Crippen LogP contribution in [-0.2, 0) is 11.3 Å². The lowest BCUT2D eigenvalue weighted by atomic mass is 9.98. The second kappa shape index (κ2) is 9.97. The smallest absolute Gasteiger partial charge is 0.267 e. The maximum atomic E-state index is 12.9. The van der Waals surface area contributed by atoms with Crippen LogP contribution in [0.1, 0.15) is 36.5 Å². The van der Waals surface area contributed by atoms with Gasteiger partial charge in [-0.3, -0.25) is 9.69 Å². The molecule has 33 heavy (non-hydrogen) atoms. The Hall–Kier alpha value is -3.50. The van der Waals surface area contributed by atoms with Gasteiger partial charge in [-0.15, -0.1) is 0 Å². The summed E-state index contributed by atoms with van der Waals surface area (Å²) in [7, 11) is 0. The first-order valence-corrected chi connectivity index (χ1v) is 11.3. The average molecular weight is 447 g/mol. The number of nitrogens with one attached hydrogen (secondary N) is 1. The van der Waals surface area contributed by atoms with Crippen LogP contribution in [0.2, 0.25) is 0 Å². The number of ether oxygens (including phenoxy) is 2. The normalized spacial score (nSPS) is 16.1. The molecule has 0 aliphatic carbocycles. The molecule has 2 aromatic carbocycles. The predicted octanol–water partition coefficient (Wildman–Crippen LogP) is 4.01. The number of piperazine rings is 1. The largest absolute Gasteiger partial charge is 0.454 e. The molecule has 1 N–H and O–H groups in total. The van der Waals surface area contributed by atoms with Crippen molar-refractivity contribution in [1.29, 1.82) is 5.26 Å². The molecule has 4 rings (SSSR count). The van der Waals surface area contributed by atoms with Crippen molar-refractivity contribution in [2.75, 3.05) is 38.3 Å². The molecule has 7 heteroatoms. The van der Waals surface area contributed by atoms with E-state index in [0.29, 0.717) is 0 Å². The van der Waals surface area contributed by atoms with E-state index in [1.54, 1.807) is 6.20 Å². The van der Waals surface area contributed by atoms with Gasteiger partial charge in [-0.2, -0.15) is 5.26 Å². The van der Waals surface area contributed by atoms with Crippen molar-refractivity contribution >= 4 is 11.6 Å². The number of carbonyl (C=O) groups excluding carboxylic acids is 1. The molecule has 0 saturated carbocycles. The summed E-state index contributed by atoms with van der Waals surface area (Å²) in [6, 6.07) is 14.1. The van der Waals surface area contributed by atoms with Crippen LogP contribution in [-0.4, -0.2) is 48.7 Å².